The lowest BCUT2D eigenvalue weighted by Crippen LogP contribution is -2.41. The van der Waals surface area contributed by atoms with Gasteiger partial charge in [0.05, 0.1) is 33.2 Å². The van der Waals surface area contributed by atoms with Gasteiger partial charge in [0.25, 0.3) is 0 Å². The molecule has 0 N–H and O–H groups in total. The molecule has 27 heavy (non-hydrogen) atoms. The molecule has 0 amide bonds. The Bertz CT molecular complexity index is 612. The Balaban J connectivity index is 1.85. The SMILES string of the molecule is C[Si](C)c1ccccc1C(CCC1OCCCO1)B1OC(C)(C)C(C)(C)O1. The minimum Gasteiger partial charge on any atom is -0.403 e. The molecule has 2 aliphatic heterocycles. The van der Waals surface area contributed by atoms with Crippen LogP contribution in [0.2, 0.25) is 13.1 Å². The Morgan fingerprint density at radius 3 is 2.22 bits per heavy atom. The molecule has 0 spiro atoms. The Hall–Kier alpha value is -0.658. The zero-order valence-electron chi connectivity index (χ0n) is 17.7. The normalized spacial score (nSPS) is 23.7. The molecule has 1 atom stereocenters. The van der Waals surface area contributed by atoms with E-state index in [-0.39, 0.29) is 30.4 Å². The van der Waals surface area contributed by atoms with E-state index in [4.69, 9.17) is 18.8 Å². The summed E-state index contributed by atoms with van der Waals surface area (Å²) in [5.41, 5.74) is 0.717. The van der Waals surface area contributed by atoms with Gasteiger partial charge in [-0.05, 0) is 52.5 Å². The van der Waals surface area contributed by atoms with E-state index < -0.39 is 8.80 Å². The number of hydrogen-bond acceptors (Lipinski definition) is 4. The van der Waals surface area contributed by atoms with Crippen molar-refractivity contribution in [2.45, 2.75) is 83.4 Å². The highest BCUT2D eigenvalue weighted by atomic mass is 28.3. The molecule has 0 saturated carbocycles. The van der Waals surface area contributed by atoms with Crippen molar-refractivity contribution in [3.8, 4) is 0 Å². The van der Waals surface area contributed by atoms with Crippen molar-refractivity contribution in [3.63, 3.8) is 0 Å². The zero-order valence-corrected chi connectivity index (χ0v) is 18.7. The molecule has 1 aromatic carbocycles. The van der Waals surface area contributed by atoms with Crippen LogP contribution in [0.5, 0.6) is 0 Å². The summed E-state index contributed by atoms with van der Waals surface area (Å²) >= 11 is 0. The summed E-state index contributed by atoms with van der Waals surface area (Å²) in [5, 5.41) is 1.47. The third kappa shape index (κ3) is 4.68. The summed E-state index contributed by atoms with van der Waals surface area (Å²) in [4.78, 5) is 0. The van der Waals surface area contributed by atoms with E-state index in [1.165, 1.54) is 10.8 Å². The van der Waals surface area contributed by atoms with Crippen molar-refractivity contribution >= 4 is 21.1 Å². The lowest BCUT2D eigenvalue weighted by molar-refractivity contribution is -0.181. The van der Waals surface area contributed by atoms with Gasteiger partial charge in [0.2, 0.25) is 0 Å². The highest BCUT2D eigenvalue weighted by molar-refractivity contribution is 6.71. The van der Waals surface area contributed by atoms with Gasteiger partial charge in [-0.25, -0.2) is 0 Å². The number of hydrogen-bond donors (Lipinski definition) is 0. The van der Waals surface area contributed by atoms with E-state index >= 15 is 0 Å². The van der Waals surface area contributed by atoms with Crippen LogP contribution in [-0.4, -0.2) is 46.6 Å². The fourth-order valence-electron chi connectivity index (χ4n) is 3.79. The van der Waals surface area contributed by atoms with Crippen molar-refractivity contribution in [2.75, 3.05) is 13.2 Å². The quantitative estimate of drug-likeness (QED) is 0.692. The molecule has 2 fully saturated rings. The number of rotatable bonds is 6. The van der Waals surface area contributed by atoms with Crippen molar-refractivity contribution in [1.29, 1.82) is 0 Å². The van der Waals surface area contributed by atoms with Crippen LogP contribution >= 0.6 is 0 Å². The second-order valence-electron chi connectivity index (χ2n) is 8.92. The van der Waals surface area contributed by atoms with Gasteiger partial charge >= 0.3 is 7.12 Å². The van der Waals surface area contributed by atoms with Crippen molar-refractivity contribution < 1.29 is 18.8 Å². The number of benzene rings is 1. The molecule has 0 aromatic heterocycles. The van der Waals surface area contributed by atoms with Crippen molar-refractivity contribution in [1.82, 2.24) is 0 Å². The summed E-state index contributed by atoms with van der Waals surface area (Å²) in [5.74, 6) is 0.177. The molecular weight excluding hydrogens is 355 g/mol. The second-order valence-corrected chi connectivity index (χ2v) is 11.5. The predicted octanol–water partition coefficient (Wildman–Crippen LogP) is 3.91. The Labute approximate surface area is 166 Å². The molecule has 6 heteroatoms. The van der Waals surface area contributed by atoms with Crippen LogP contribution in [0.25, 0.3) is 0 Å². The van der Waals surface area contributed by atoms with Gasteiger partial charge in [0, 0.05) is 5.82 Å². The van der Waals surface area contributed by atoms with Crippen molar-refractivity contribution in [3.05, 3.63) is 29.8 Å². The second kappa shape index (κ2) is 8.38. The van der Waals surface area contributed by atoms with Gasteiger partial charge in [-0.1, -0.05) is 42.5 Å². The fourth-order valence-corrected chi connectivity index (χ4v) is 5.06. The maximum absolute atomic E-state index is 6.46. The largest absolute Gasteiger partial charge is 0.465 e. The van der Waals surface area contributed by atoms with E-state index in [0.29, 0.717) is 0 Å². The van der Waals surface area contributed by atoms with Crippen LogP contribution in [0.15, 0.2) is 24.3 Å². The summed E-state index contributed by atoms with van der Waals surface area (Å²) in [6.07, 6.45) is 2.66. The standard InChI is InChI=1S/C21H34BO4Si/c1-20(2)21(3,4)26-22(25-20)17(12-13-19-23-14-9-15-24-19)16-10-7-8-11-18(16)27(5)6/h7-8,10-11,17,19H,9,12-15H2,1-6H3. The van der Waals surface area contributed by atoms with Crippen LogP contribution in [0.3, 0.4) is 0 Å². The third-order valence-corrected chi connectivity index (χ3v) is 7.64. The van der Waals surface area contributed by atoms with E-state index in [2.05, 4.69) is 65.1 Å². The van der Waals surface area contributed by atoms with Gasteiger partial charge in [-0.3, -0.25) is 0 Å². The van der Waals surface area contributed by atoms with E-state index in [0.717, 1.165) is 32.5 Å². The first-order chi connectivity index (χ1) is 12.7. The molecule has 0 bridgehead atoms. The molecule has 3 rings (SSSR count). The zero-order chi connectivity index (χ0) is 19.7. The lowest BCUT2D eigenvalue weighted by atomic mass is 9.65. The first kappa shape index (κ1) is 21.1. The third-order valence-electron chi connectivity index (χ3n) is 6.11. The molecule has 4 nitrogen and oxygen atoms in total. The van der Waals surface area contributed by atoms with Gasteiger partial charge in [-0.15, -0.1) is 0 Å². The highest BCUT2D eigenvalue weighted by Gasteiger charge is 2.54. The smallest absolute Gasteiger partial charge is 0.403 e. The molecule has 2 aliphatic rings. The molecule has 1 radical (unpaired) electrons. The van der Waals surface area contributed by atoms with Crippen LogP contribution < -0.4 is 5.19 Å². The monoisotopic (exact) mass is 389 g/mol. The average molecular weight is 389 g/mol. The van der Waals surface area contributed by atoms with E-state index in [1.54, 1.807) is 0 Å². The predicted molar refractivity (Wildman–Crippen MR) is 112 cm³/mol. The minimum absolute atomic E-state index is 0.108. The molecule has 1 aromatic rings. The lowest BCUT2D eigenvalue weighted by Gasteiger charge is -2.32. The van der Waals surface area contributed by atoms with Crippen LogP contribution in [0.1, 0.15) is 58.3 Å². The van der Waals surface area contributed by atoms with Gasteiger partial charge in [0.15, 0.2) is 6.29 Å². The van der Waals surface area contributed by atoms with Crippen molar-refractivity contribution in [2.24, 2.45) is 0 Å². The maximum atomic E-state index is 6.46. The first-order valence-corrected chi connectivity index (χ1v) is 12.7. The van der Waals surface area contributed by atoms with Gasteiger partial charge in [0.1, 0.15) is 0 Å². The fraction of sp³-hybridized carbons (Fsp3) is 0.714. The Morgan fingerprint density at radius 2 is 1.63 bits per heavy atom. The summed E-state index contributed by atoms with van der Waals surface area (Å²) < 4.78 is 24.5. The van der Waals surface area contributed by atoms with Crippen LogP contribution in [0.4, 0.5) is 0 Å². The molecule has 2 saturated heterocycles. The molecule has 149 valence electrons. The number of ether oxygens (including phenoxy) is 2. The summed E-state index contributed by atoms with van der Waals surface area (Å²) in [7, 11) is -0.837. The van der Waals surface area contributed by atoms with Gasteiger partial charge in [-0.2, -0.15) is 0 Å². The topological polar surface area (TPSA) is 36.9 Å². The average Bonchev–Trinajstić information content (AvgIpc) is 2.83. The summed E-state index contributed by atoms with van der Waals surface area (Å²) in [6, 6.07) is 8.81. The van der Waals surface area contributed by atoms with Gasteiger partial charge < -0.3 is 18.8 Å². The summed E-state index contributed by atoms with van der Waals surface area (Å²) in [6.45, 7) is 14.8. The van der Waals surface area contributed by atoms with E-state index in [1.807, 2.05) is 0 Å². The molecule has 2 heterocycles. The highest BCUT2D eigenvalue weighted by Crippen LogP contribution is 2.42. The first-order valence-electron chi connectivity index (χ1n) is 10.2. The molecule has 0 aliphatic carbocycles. The Kier molecular flexibility index (Phi) is 6.53. The molecular formula is C21H34BO4Si. The van der Waals surface area contributed by atoms with Crippen LogP contribution in [0, 0.1) is 0 Å². The minimum atomic E-state index is -0.588. The van der Waals surface area contributed by atoms with E-state index in [9.17, 15) is 0 Å². The Morgan fingerprint density at radius 1 is 1.04 bits per heavy atom. The molecule has 1 unspecified atom stereocenters. The maximum Gasteiger partial charge on any atom is 0.465 e. The van der Waals surface area contributed by atoms with Crippen LogP contribution in [-0.2, 0) is 18.8 Å².